The summed E-state index contributed by atoms with van der Waals surface area (Å²) in [6.07, 6.45) is 3.37. The van der Waals surface area contributed by atoms with Crippen LogP contribution in [0, 0.1) is 12.7 Å². The number of rotatable bonds is 2. The van der Waals surface area contributed by atoms with E-state index >= 15 is 0 Å². The fourth-order valence-electron chi connectivity index (χ4n) is 1.88. The van der Waals surface area contributed by atoms with Gasteiger partial charge in [-0.15, -0.1) is 0 Å². The fraction of sp³-hybridized carbons (Fsp3) is 0.0714. The summed E-state index contributed by atoms with van der Waals surface area (Å²) in [5.74, 6) is 0.109. The van der Waals surface area contributed by atoms with E-state index in [0.717, 1.165) is 16.5 Å². The van der Waals surface area contributed by atoms with E-state index < -0.39 is 5.82 Å². The standard InChI is InChI=1S/C14H10BrFN2O/c1-8-3-2-5-18-14(8)19-13-10(16)7-11-9(12(13)15)4-6-17-11/h2-7,17H,1H3. The first kappa shape index (κ1) is 12.2. The van der Waals surface area contributed by atoms with Gasteiger partial charge in [-0.25, -0.2) is 9.37 Å². The topological polar surface area (TPSA) is 37.9 Å². The van der Waals surface area contributed by atoms with Gasteiger partial charge in [0.1, 0.15) is 0 Å². The number of halogens is 2. The highest BCUT2D eigenvalue weighted by molar-refractivity contribution is 9.10. The molecule has 0 saturated heterocycles. The van der Waals surface area contributed by atoms with E-state index in [-0.39, 0.29) is 5.75 Å². The first-order chi connectivity index (χ1) is 9.16. The van der Waals surface area contributed by atoms with Gasteiger partial charge in [0.05, 0.1) is 4.47 Å². The van der Waals surface area contributed by atoms with Crippen LogP contribution in [0.25, 0.3) is 10.9 Å². The van der Waals surface area contributed by atoms with Crippen LogP contribution in [0.4, 0.5) is 4.39 Å². The van der Waals surface area contributed by atoms with Crippen molar-refractivity contribution < 1.29 is 9.13 Å². The molecule has 0 saturated carbocycles. The molecule has 0 aliphatic rings. The third-order valence-electron chi connectivity index (χ3n) is 2.86. The van der Waals surface area contributed by atoms with Crippen LogP contribution in [-0.4, -0.2) is 9.97 Å². The Morgan fingerprint density at radius 1 is 1.37 bits per heavy atom. The highest BCUT2D eigenvalue weighted by Crippen LogP contribution is 2.38. The Hall–Kier alpha value is -1.88. The fourth-order valence-corrected chi connectivity index (χ4v) is 2.50. The molecule has 0 aliphatic carbocycles. The second-order valence-electron chi connectivity index (χ2n) is 4.17. The Morgan fingerprint density at radius 2 is 2.21 bits per heavy atom. The van der Waals surface area contributed by atoms with E-state index in [9.17, 15) is 4.39 Å². The molecule has 0 unspecified atom stereocenters. The smallest absolute Gasteiger partial charge is 0.222 e. The van der Waals surface area contributed by atoms with E-state index in [1.54, 1.807) is 12.4 Å². The van der Waals surface area contributed by atoms with Crippen molar-refractivity contribution in [3.8, 4) is 11.6 Å². The average molecular weight is 321 g/mol. The van der Waals surface area contributed by atoms with Gasteiger partial charge in [0, 0.05) is 34.9 Å². The number of aryl methyl sites for hydroxylation is 1. The molecule has 3 rings (SSSR count). The van der Waals surface area contributed by atoms with Crippen molar-refractivity contribution in [1.82, 2.24) is 9.97 Å². The van der Waals surface area contributed by atoms with Gasteiger partial charge >= 0.3 is 0 Å². The lowest BCUT2D eigenvalue weighted by molar-refractivity contribution is 0.423. The van der Waals surface area contributed by atoms with Crippen LogP contribution >= 0.6 is 15.9 Å². The molecule has 1 N–H and O–H groups in total. The van der Waals surface area contributed by atoms with Gasteiger partial charge in [-0.2, -0.15) is 0 Å². The minimum Gasteiger partial charge on any atom is -0.434 e. The van der Waals surface area contributed by atoms with E-state index in [2.05, 4.69) is 25.9 Å². The average Bonchev–Trinajstić information content (AvgIpc) is 2.84. The number of ether oxygens (including phenoxy) is 1. The molecule has 5 heteroatoms. The largest absolute Gasteiger partial charge is 0.434 e. The van der Waals surface area contributed by atoms with E-state index in [4.69, 9.17) is 4.74 Å². The number of benzene rings is 1. The number of aromatic amines is 1. The lowest BCUT2D eigenvalue weighted by Gasteiger charge is -2.10. The molecule has 0 atom stereocenters. The van der Waals surface area contributed by atoms with Crippen molar-refractivity contribution in [3.63, 3.8) is 0 Å². The minimum atomic E-state index is -0.438. The van der Waals surface area contributed by atoms with Crippen LogP contribution in [0.5, 0.6) is 11.6 Å². The number of hydrogen-bond acceptors (Lipinski definition) is 2. The molecule has 3 nitrogen and oxygen atoms in total. The van der Waals surface area contributed by atoms with Crippen LogP contribution in [0.1, 0.15) is 5.56 Å². The molecule has 0 radical (unpaired) electrons. The monoisotopic (exact) mass is 320 g/mol. The Morgan fingerprint density at radius 3 is 3.00 bits per heavy atom. The Labute approximate surface area is 117 Å². The number of fused-ring (bicyclic) bond motifs is 1. The molecule has 19 heavy (non-hydrogen) atoms. The van der Waals surface area contributed by atoms with Crippen molar-refractivity contribution in [1.29, 1.82) is 0 Å². The van der Waals surface area contributed by atoms with Crippen molar-refractivity contribution in [3.05, 3.63) is 52.5 Å². The number of pyridine rings is 1. The number of nitrogens with one attached hydrogen (secondary N) is 1. The molecule has 0 fully saturated rings. The van der Waals surface area contributed by atoms with Gasteiger partial charge in [-0.1, -0.05) is 6.07 Å². The van der Waals surface area contributed by atoms with Gasteiger partial charge < -0.3 is 9.72 Å². The minimum absolute atomic E-state index is 0.147. The Bertz CT molecular complexity index is 754. The highest BCUT2D eigenvalue weighted by atomic mass is 79.9. The van der Waals surface area contributed by atoms with Crippen molar-refractivity contribution >= 4 is 26.8 Å². The molecule has 0 aliphatic heterocycles. The predicted molar refractivity (Wildman–Crippen MR) is 75.0 cm³/mol. The lowest BCUT2D eigenvalue weighted by Crippen LogP contribution is -1.94. The third-order valence-corrected chi connectivity index (χ3v) is 3.65. The zero-order valence-electron chi connectivity index (χ0n) is 10.1. The quantitative estimate of drug-likeness (QED) is 0.751. The molecule has 96 valence electrons. The maximum Gasteiger partial charge on any atom is 0.222 e. The Kier molecular flexibility index (Phi) is 2.98. The van der Waals surface area contributed by atoms with Crippen LogP contribution in [0.2, 0.25) is 0 Å². The maximum absolute atomic E-state index is 14.1. The van der Waals surface area contributed by atoms with E-state index in [0.29, 0.717) is 10.4 Å². The summed E-state index contributed by atoms with van der Waals surface area (Å²) in [4.78, 5) is 7.07. The summed E-state index contributed by atoms with van der Waals surface area (Å²) < 4.78 is 20.3. The van der Waals surface area contributed by atoms with Crippen LogP contribution in [-0.2, 0) is 0 Å². The first-order valence-electron chi connectivity index (χ1n) is 5.71. The number of H-pyrrole nitrogens is 1. The summed E-state index contributed by atoms with van der Waals surface area (Å²) in [5, 5.41) is 0.866. The second kappa shape index (κ2) is 4.66. The molecule has 3 aromatic rings. The van der Waals surface area contributed by atoms with Gasteiger partial charge in [0.25, 0.3) is 0 Å². The molecular formula is C14H10BrFN2O. The normalized spacial score (nSPS) is 10.9. The summed E-state index contributed by atoms with van der Waals surface area (Å²) in [5.41, 5.74) is 1.57. The number of nitrogens with zero attached hydrogens (tertiary/aromatic N) is 1. The zero-order valence-corrected chi connectivity index (χ0v) is 11.7. The predicted octanol–water partition coefficient (Wildman–Crippen LogP) is 4.57. The summed E-state index contributed by atoms with van der Waals surface area (Å²) in [6, 6.07) is 6.94. The van der Waals surface area contributed by atoms with Gasteiger partial charge in [0.15, 0.2) is 11.6 Å². The van der Waals surface area contributed by atoms with Crippen LogP contribution < -0.4 is 4.74 Å². The first-order valence-corrected chi connectivity index (χ1v) is 6.50. The Balaban J connectivity index is 2.12. The molecule has 0 bridgehead atoms. The molecular weight excluding hydrogens is 311 g/mol. The summed E-state index contributed by atoms with van der Waals surface area (Å²) >= 11 is 3.38. The number of aromatic nitrogens is 2. The van der Waals surface area contributed by atoms with E-state index in [1.807, 2.05) is 25.1 Å². The van der Waals surface area contributed by atoms with Crippen molar-refractivity contribution in [2.24, 2.45) is 0 Å². The SMILES string of the molecule is Cc1cccnc1Oc1c(F)cc2[nH]ccc2c1Br. The van der Waals surface area contributed by atoms with Gasteiger partial charge in [-0.05, 0) is 35.0 Å². The van der Waals surface area contributed by atoms with Crippen molar-refractivity contribution in [2.75, 3.05) is 0 Å². The summed E-state index contributed by atoms with van der Waals surface area (Å²) in [7, 11) is 0. The molecule has 0 amide bonds. The third kappa shape index (κ3) is 2.10. The van der Waals surface area contributed by atoms with Gasteiger partial charge in [0.2, 0.25) is 5.88 Å². The van der Waals surface area contributed by atoms with Crippen LogP contribution in [0.3, 0.4) is 0 Å². The molecule has 2 aromatic heterocycles. The highest BCUT2D eigenvalue weighted by Gasteiger charge is 2.15. The second-order valence-corrected chi connectivity index (χ2v) is 4.96. The lowest BCUT2D eigenvalue weighted by atomic mass is 10.2. The zero-order chi connectivity index (χ0) is 13.4. The van der Waals surface area contributed by atoms with Crippen molar-refractivity contribution in [2.45, 2.75) is 6.92 Å². The maximum atomic E-state index is 14.1. The molecule has 0 spiro atoms. The van der Waals surface area contributed by atoms with Crippen LogP contribution in [0.15, 0.2) is 41.1 Å². The summed E-state index contributed by atoms with van der Waals surface area (Å²) in [6.45, 7) is 1.86. The molecule has 2 heterocycles. The number of hydrogen-bond donors (Lipinski definition) is 1. The molecule has 1 aromatic carbocycles. The van der Waals surface area contributed by atoms with Gasteiger partial charge in [-0.3, -0.25) is 0 Å². The van der Waals surface area contributed by atoms with E-state index in [1.165, 1.54) is 6.07 Å².